The number of halogens is 1. The summed E-state index contributed by atoms with van der Waals surface area (Å²) in [6, 6.07) is 5.37. The average molecular weight is 420 g/mol. The van der Waals surface area contributed by atoms with Crippen LogP contribution in [0.4, 0.5) is 0 Å². The minimum Gasteiger partial charge on any atom is -0.461 e. The summed E-state index contributed by atoms with van der Waals surface area (Å²) in [6.07, 6.45) is 11.3. The largest absolute Gasteiger partial charge is 0.461 e. The monoisotopic (exact) mass is 419 g/mol. The average Bonchev–Trinajstić information content (AvgIpc) is 2.99. The molecule has 0 aliphatic heterocycles. The third kappa shape index (κ3) is 6.33. The van der Waals surface area contributed by atoms with Crippen molar-refractivity contribution in [2.45, 2.75) is 78.1 Å². The van der Waals surface area contributed by atoms with Crippen molar-refractivity contribution in [1.29, 1.82) is 0 Å². The van der Waals surface area contributed by atoms with Gasteiger partial charge in [-0.3, -0.25) is 4.79 Å². The number of esters is 1. The van der Waals surface area contributed by atoms with E-state index in [0.29, 0.717) is 22.7 Å². The Balaban J connectivity index is 2.02. The standard InChI is InChI=1S/C24H34ClNO3/c1-4-6-7-8-9-10-11-12-13-14-21(27)22-19-16-15-18(25)17-20(19)26(3)23(22)24(28)29-5-2/h15-17H,4-14H2,1-3H3. The normalized spacial score (nSPS) is 11.2. The molecule has 0 bridgehead atoms. The van der Waals surface area contributed by atoms with Crippen LogP contribution in [0.5, 0.6) is 0 Å². The lowest BCUT2D eigenvalue weighted by atomic mass is 10.00. The quantitative estimate of drug-likeness (QED) is 0.197. The molecule has 0 aliphatic rings. The van der Waals surface area contributed by atoms with Gasteiger partial charge in [-0.2, -0.15) is 0 Å². The minimum atomic E-state index is -0.460. The highest BCUT2D eigenvalue weighted by Crippen LogP contribution is 2.30. The maximum atomic E-state index is 13.0. The summed E-state index contributed by atoms with van der Waals surface area (Å²) >= 11 is 6.13. The number of hydrogen-bond donors (Lipinski definition) is 0. The molecule has 2 aromatic rings. The fourth-order valence-electron chi connectivity index (χ4n) is 3.85. The molecule has 0 unspecified atom stereocenters. The molecule has 4 nitrogen and oxygen atoms in total. The van der Waals surface area contributed by atoms with E-state index in [1.54, 1.807) is 30.7 Å². The van der Waals surface area contributed by atoms with Gasteiger partial charge in [0.15, 0.2) is 5.78 Å². The van der Waals surface area contributed by atoms with E-state index in [1.807, 2.05) is 6.07 Å². The topological polar surface area (TPSA) is 48.3 Å². The number of unbranched alkanes of at least 4 members (excludes halogenated alkanes) is 8. The number of rotatable bonds is 13. The third-order valence-electron chi connectivity index (χ3n) is 5.42. The number of hydrogen-bond acceptors (Lipinski definition) is 3. The van der Waals surface area contributed by atoms with Crippen molar-refractivity contribution >= 4 is 34.3 Å². The van der Waals surface area contributed by atoms with Crippen LogP contribution >= 0.6 is 11.6 Å². The molecule has 2 rings (SSSR count). The number of Topliss-reactive ketones (excluding diaryl/α,β-unsaturated/α-hetero) is 1. The first-order chi connectivity index (χ1) is 14.0. The second-order valence-corrected chi connectivity index (χ2v) is 8.10. The molecule has 0 saturated carbocycles. The molecule has 160 valence electrons. The van der Waals surface area contributed by atoms with Crippen LogP contribution in [-0.4, -0.2) is 22.9 Å². The van der Waals surface area contributed by atoms with E-state index < -0.39 is 5.97 Å². The molecule has 5 heteroatoms. The Labute approximate surface area is 179 Å². The minimum absolute atomic E-state index is 0.00363. The highest BCUT2D eigenvalue weighted by atomic mass is 35.5. The molecule has 1 aromatic heterocycles. The molecular formula is C24H34ClNO3. The zero-order valence-electron chi connectivity index (χ0n) is 18.1. The molecule has 0 fully saturated rings. The summed E-state index contributed by atoms with van der Waals surface area (Å²) in [5, 5.41) is 1.34. The number of carbonyl (C=O) groups excluding carboxylic acids is 2. The summed E-state index contributed by atoms with van der Waals surface area (Å²) in [4.78, 5) is 25.6. The van der Waals surface area contributed by atoms with Crippen molar-refractivity contribution in [3.63, 3.8) is 0 Å². The van der Waals surface area contributed by atoms with E-state index >= 15 is 0 Å². The Morgan fingerprint density at radius 2 is 1.59 bits per heavy atom. The molecule has 0 spiro atoms. The summed E-state index contributed by atoms with van der Waals surface area (Å²) in [5.74, 6) is -0.457. The lowest BCUT2D eigenvalue weighted by Crippen LogP contribution is -2.14. The first-order valence-electron chi connectivity index (χ1n) is 11.0. The van der Waals surface area contributed by atoms with E-state index in [-0.39, 0.29) is 12.4 Å². The summed E-state index contributed by atoms with van der Waals surface area (Å²) in [5.41, 5.74) is 1.57. The van der Waals surface area contributed by atoms with Gasteiger partial charge >= 0.3 is 5.97 Å². The summed E-state index contributed by atoms with van der Waals surface area (Å²) in [6.45, 7) is 4.27. The molecule has 0 atom stereocenters. The van der Waals surface area contributed by atoms with Crippen LogP contribution in [0.15, 0.2) is 18.2 Å². The van der Waals surface area contributed by atoms with E-state index in [0.717, 1.165) is 30.2 Å². The van der Waals surface area contributed by atoms with Crippen molar-refractivity contribution in [3.05, 3.63) is 34.5 Å². The molecule has 0 radical (unpaired) electrons. The van der Waals surface area contributed by atoms with Crippen LogP contribution < -0.4 is 0 Å². The Hall–Kier alpha value is -1.81. The first-order valence-corrected chi connectivity index (χ1v) is 11.4. The molecule has 1 heterocycles. The lowest BCUT2D eigenvalue weighted by Gasteiger charge is -2.07. The molecule has 0 amide bonds. The van der Waals surface area contributed by atoms with Gasteiger partial charge < -0.3 is 9.30 Å². The lowest BCUT2D eigenvalue weighted by molar-refractivity contribution is 0.0512. The number of benzene rings is 1. The third-order valence-corrected chi connectivity index (χ3v) is 5.65. The number of aryl methyl sites for hydroxylation is 1. The maximum Gasteiger partial charge on any atom is 0.355 e. The van der Waals surface area contributed by atoms with Gasteiger partial charge in [0.1, 0.15) is 5.69 Å². The highest BCUT2D eigenvalue weighted by molar-refractivity contribution is 6.31. The van der Waals surface area contributed by atoms with Gasteiger partial charge in [0, 0.05) is 23.9 Å². The van der Waals surface area contributed by atoms with E-state index in [2.05, 4.69) is 6.92 Å². The van der Waals surface area contributed by atoms with Gasteiger partial charge in [0.2, 0.25) is 0 Å². The molecule has 29 heavy (non-hydrogen) atoms. The van der Waals surface area contributed by atoms with Crippen LogP contribution in [0.3, 0.4) is 0 Å². The van der Waals surface area contributed by atoms with Gasteiger partial charge in [-0.25, -0.2) is 4.79 Å². The number of fused-ring (bicyclic) bond motifs is 1. The Morgan fingerprint density at radius 3 is 2.21 bits per heavy atom. The number of aromatic nitrogens is 1. The summed E-state index contributed by atoms with van der Waals surface area (Å²) in [7, 11) is 1.78. The zero-order valence-corrected chi connectivity index (χ0v) is 18.8. The second kappa shape index (κ2) is 12.0. The SMILES string of the molecule is CCCCCCCCCCCC(=O)c1c(C(=O)OCC)n(C)c2cc(Cl)ccc12. The van der Waals surface area contributed by atoms with Crippen molar-refractivity contribution in [2.75, 3.05) is 6.61 Å². The van der Waals surface area contributed by atoms with Crippen molar-refractivity contribution in [3.8, 4) is 0 Å². The predicted octanol–water partition coefficient (Wildman–Crippen LogP) is 7.11. The van der Waals surface area contributed by atoms with Gasteiger partial charge in [0.05, 0.1) is 17.7 Å². The number of carbonyl (C=O) groups is 2. The predicted molar refractivity (Wildman–Crippen MR) is 120 cm³/mol. The smallest absolute Gasteiger partial charge is 0.355 e. The maximum absolute atomic E-state index is 13.0. The Morgan fingerprint density at radius 1 is 0.966 bits per heavy atom. The van der Waals surface area contributed by atoms with Crippen LogP contribution in [0, 0.1) is 0 Å². The molecule has 0 N–H and O–H groups in total. The second-order valence-electron chi connectivity index (χ2n) is 7.67. The van der Waals surface area contributed by atoms with Crippen LogP contribution in [0.2, 0.25) is 5.02 Å². The first kappa shape index (κ1) is 23.5. The van der Waals surface area contributed by atoms with Crippen LogP contribution in [-0.2, 0) is 11.8 Å². The van der Waals surface area contributed by atoms with Gasteiger partial charge in [0.25, 0.3) is 0 Å². The van der Waals surface area contributed by atoms with Crippen LogP contribution in [0.25, 0.3) is 10.9 Å². The zero-order chi connectivity index (χ0) is 21.2. The fourth-order valence-corrected chi connectivity index (χ4v) is 4.02. The Bertz CT molecular complexity index is 825. The molecule has 1 aromatic carbocycles. The molecule has 0 saturated heterocycles. The van der Waals surface area contributed by atoms with Gasteiger partial charge in [-0.15, -0.1) is 0 Å². The van der Waals surface area contributed by atoms with E-state index in [9.17, 15) is 9.59 Å². The van der Waals surface area contributed by atoms with Crippen LogP contribution in [0.1, 0.15) is 98.9 Å². The number of ether oxygens (including phenoxy) is 1. The van der Waals surface area contributed by atoms with Gasteiger partial charge in [-0.1, -0.05) is 76.0 Å². The number of ketones is 1. The molecule has 0 aliphatic carbocycles. The van der Waals surface area contributed by atoms with Crippen molar-refractivity contribution in [2.24, 2.45) is 7.05 Å². The summed E-state index contributed by atoms with van der Waals surface area (Å²) < 4.78 is 6.94. The van der Waals surface area contributed by atoms with Gasteiger partial charge in [-0.05, 0) is 25.5 Å². The molecular weight excluding hydrogens is 386 g/mol. The number of nitrogens with zero attached hydrogens (tertiary/aromatic N) is 1. The fraction of sp³-hybridized carbons (Fsp3) is 0.583. The highest BCUT2D eigenvalue weighted by Gasteiger charge is 2.26. The van der Waals surface area contributed by atoms with Crippen molar-refractivity contribution in [1.82, 2.24) is 4.57 Å². The van der Waals surface area contributed by atoms with E-state index in [4.69, 9.17) is 16.3 Å². The van der Waals surface area contributed by atoms with E-state index in [1.165, 1.54) is 38.5 Å². The Kier molecular flexibility index (Phi) is 9.72. The van der Waals surface area contributed by atoms with Crippen molar-refractivity contribution < 1.29 is 14.3 Å².